The number of piperidine rings is 1. The summed E-state index contributed by atoms with van der Waals surface area (Å²) in [5.74, 6) is -0.00125. The summed E-state index contributed by atoms with van der Waals surface area (Å²) in [6.45, 7) is 10.6. The molecule has 0 atom stereocenters. The third kappa shape index (κ3) is 5.37. The van der Waals surface area contributed by atoms with Crippen molar-refractivity contribution in [3.8, 4) is 0 Å². The lowest BCUT2D eigenvalue weighted by molar-refractivity contribution is -0.137. The monoisotopic (exact) mass is 451 g/mol. The van der Waals surface area contributed by atoms with E-state index in [1.807, 2.05) is 34.1 Å². The minimum atomic E-state index is -0.237. The quantitative estimate of drug-likeness (QED) is 0.698. The lowest BCUT2D eigenvalue weighted by atomic mass is 9.86. The van der Waals surface area contributed by atoms with Crippen LogP contribution >= 0.6 is 0 Å². The predicted octanol–water partition coefficient (Wildman–Crippen LogP) is 4.32. The molecular weight excluding hydrogens is 417 g/mol. The SMILES string of the molecule is CC(C)(C)c1ccc(C(=O)N2CCC(C(=O)N3CCN(c4ccc(F)cc4)CC3)CC2)cc1. The second-order valence-electron chi connectivity index (χ2n) is 10.2. The molecule has 33 heavy (non-hydrogen) atoms. The molecule has 6 heteroatoms. The van der Waals surface area contributed by atoms with Gasteiger partial charge in [-0.15, -0.1) is 0 Å². The second-order valence-corrected chi connectivity index (χ2v) is 10.2. The van der Waals surface area contributed by atoms with Gasteiger partial charge in [0.25, 0.3) is 5.91 Å². The third-order valence-corrected chi connectivity index (χ3v) is 6.91. The molecule has 0 N–H and O–H groups in total. The van der Waals surface area contributed by atoms with Gasteiger partial charge >= 0.3 is 0 Å². The number of carbonyl (C=O) groups is 2. The molecule has 2 heterocycles. The van der Waals surface area contributed by atoms with E-state index < -0.39 is 0 Å². The maximum absolute atomic E-state index is 13.2. The average molecular weight is 452 g/mol. The fourth-order valence-corrected chi connectivity index (χ4v) is 4.72. The third-order valence-electron chi connectivity index (χ3n) is 6.91. The highest BCUT2D eigenvalue weighted by atomic mass is 19.1. The van der Waals surface area contributed by atoms with Gasteiger partial charge in [0.05, 0.1) is 0 Å². The Balaban J connectivity index is 1.27. The molecule has 0 aromatic heterocycles. The van der Waals surface area contributed by atoms with Crippen LogP contribution < -0.4 is 4.90 Å². The standard InChI is InChI=1S/C27H34FN3O2/c1-27(2,3)22-6-4-20(5-7-22)25(32)30-14-12-21(13-15-30)26(33)31-18-16-29(17-19-31)24-10-8-23(28)9-11-24/h4-11,21H,12-19H2,1-3H3. The molecule has 0 radical (unpaired) electrons. The number of nitrogens with zero attached hydrogens (tertiary/aromatic N) is 3. The zero-order valence-corrected chi connectivity index (χ0v) is 19.9. The molecule has 2 aromatic rings. The van der Waals surface area contributed by atoms with E-state index in [0.29, 0.717) is 44.6 Å². The van der Waals surface area contributed by atoms with Crippen molar-refractivity contribution in [3.63, 3.8) is 0 Å². The zero-order valence-electron chi connectivity index (χ0n) is 19.9. The van der Waals surface area contributed by atoms with Crippen LogP contribution in [0, 0.1) is 11.7 Å². The highest BCUT2D eigenvalue weighted by Crippen LogP contribution is 2.25. The van der Waals surface area contributed by atoms with E-state index >= 15 is 0 Å². The van der Waals surface area contributed by atoms with Gasteiger partial charge in [-0.25, -0.2) is 4.39 Å². The van der Waals surface area contributed by atoms with Gasteiger partial charge in [-0.2, -0.15) is 0 Å². The lowest BCUT2D eigenvalue weighted by Crippen LogP contribution is -2.52. The zero-order chi connectivity index (χ0) is 23.6. The Labute approximate surface area is 196 Å². The molecule has 4 rings (SSSR count). The lowest BCUT2D eigenvalue weighted by Gasteiger charge is -2.39. The van der Waals surface area contributed by atoms with Crippen molar-refractivity contribution in [1.82, 2.24) is 9.80 Å². The van der Waals surface area contributed by atoms with E-state index in [9.17, 15) is 14.0 Å². The molecule has 0 bridgehead atoms. The summed E-state index contributed by atoms with van der Waals surface area (Å²) in [5.41, 5.74) is 2.98. The molecule has 2 amide bonds. The molecule has 2 aromatic carbocycles. The van der Waals surface area contributed by atoms with Crippen LogP contribution in [0.25, 0.3) is 0 Å². The van der Waals surface area contributed by atoms with Crippen LogP contribution in [-0.2, 0) is 10.2 Å². The van der Waals surface area contributed by atoms with Crippen molar-refractivity contribution in [1.29, 1.82) is 0 Å². The maximum Gasteiger partial charge on any atom is 0.253 e. The number of hydrogen-bond acceptors (Lipinski definition) is 3. The second kappa shape index (κ2) is 9.54. The molecule has 0 spiro atoms. The summed E-state index contributed by atoms with van der Waals surface area (Å²) in [6.07, 6.45) is 1.42. The van der Waals surface area contributed by atoms with Crippen molar-refractivity contribution in [2.24, 2.45) is 5.92 Å². The molecule has 5 nitrogen and oxygen atoms in total. The van der Waals surface area contributed by atoms with Gasteiger partial charge in [-0.1, -0.05) is 32.9 Å². The minimum Gasteiger partial charge on any atom is -0.368 e. The van der Waals surface area contributed by atoms with E-state index in [1.165, 1.54) is 17.7 Å². The number of benzene rings is 2. The van der Waals surface area contributed by atoms with E-state index in [-0.39, 0.29) is 29.0 Å². The first-order valence-corrected chi connectivity index (χ1v) is 11.9. The fourth-order valence-electron chi connectivity index (χ4n) is 4.72. The number of piperazine rings is 1. The first-order valence-electron chi connectivity index (χ1n) is 11.9. The molecule has 2 saturated heterocycles. The van der Waals surface area contributed by atoms with Crippen LogP contribution in [0.15, 0.2) is 48.5 Å². The number of halogens is 1. The topological polar surface area (TPSA) is 43.9 Å². The Morgan fingerprint density at radius 1 is 0.788 bits per heavy atom. The van der Waals surface area contributed by atoms with Crippen LogP contribution in [0.4, 0.5) is 10.1 Å². The van der Waals surface area contributed by atoms with Gasteiger partial charge in [0, 0.05) is 56.4 Å². The van der Waals surface area contributed by atoms with Gasteiger partial charge in [0.1, 0.15) is 5.82 Å². The van der Waals surface area contributed by atoms with Crippen molar-refractivity contribution in [2.75, 3.05) is 44.2 Å². The molecule has 0 saturated carbocycles. The van der Waals surface area contributed by atoms with Crippen LogP contribution in [-0.4, -0.2) is 60.9 Å². The molecule has 176 valence electrons. The normalized spacial score (nSPS) is 17.9. The highest BCUT2D eigenvalue weighted by Gasteiger charge is 2.32. The summed E-state index contributed by atoms with van der Waals surface area (Å²) in [4.78, 5) is 32.0. The van der Waals surface area contributed by atoms with Gasteiger partial charge < -0.3 is 14.7 Å². The van der Waals surface area contributed by atoms with Gasteiger partial charge in [-0.3, -0.25) is 9.59 Å². The molecule has 2 fully saturated rings. The maximum atomic E-state index is 13.2. The van der Waals surface area contributed by atoms with Gasteiger partial charge in [0.15, 0.2) is 0 Å². The van der Waals surface area contributed by atoms with E-state index in [2.05, 4.69) is 25.7 Å². The number of carbonyl (C=O) groups excluding carboxylic acids is 2. The molecule has 2 aliphatic heterocycles. The highest BCUT2D eigenvalue weighted by molar-refractivity contribution is 5.94. The molecule has 2 aliphatic rings. The first kappa shape index (κ1) is 23.3. The van der Waals surface area contributed by atoms with E-state index in [4.69, 9.17) is 0 Å². The van der Waals surface area contributed by atoms with E-state index in [0.717, 1.165) is 18.8 Å². The van der Waals surface area contributed by atoms with E-state index in [1.54, 1.807) is 12.1 Å². The number of rotatable bonds is 3. The Hall–Kier alpha value is -2.89. The van der Waals surface area contributed by atoms with Gasteiger partial charge in [0.2, 0.25) is 5.91 Å². The van der Waals surface area contributed by atoms with Crippen LogP contribution in [0.3, 0.4) is 0 Å². The summed E-state index contributed by atoms with van der Waals surface area (Å²) in [7, 11) is 0. The summed E-state index contributed by atoms with van der Waals surface area (Å²) in [6, 6.07) is 14.4. The smallest absolute Gasteiger partial charge is 0.253 e. The molecular formula is C27H34FN3O2. The number of anilines is 1. The fraction of sp³-hybridized carbons (Fsp3) is 0.481. The van der Waals surface area contributed by atoms with Crippen LogP contribution in [0.2, 0.25) is 0 Å². The summed E-state index contributed by atoms with van der Waals surface area (Å²) in [5, 5.41) is 0. The van der Waals surface area contributed by atoms with Crippen molar-refractivity contribution >= 4 is 17.5 Å². The Morgan fingerprint density at radius 3 is 1.91 bits per heavy atom. The number of hydrogen-bond donors (Lipinski definition) is 0. The predicted molar refractivity (Wildman–Crippen MR) is 129 cm³/mol. The van der Waals surface area contributed by atoms with Crippen LogP contribution in [0.5, 0.6) is 0 Å². The first-order chi connectivity index (χ1) is 15.7. The largest absolute Gasteiger partial charge is 0.368 e. The number of likely N-dealkylation sites (tertiary alicyclic amines) is 1. The van der Waals surface area contributed by atoms with Crippen molar-refractivity contribution < 1.29 is 14.0 Å². The Kier molecular flexibility index (Phi) is 6.73. The average Bonchev–Trinajstić information content (AvgIpc) is 2.83. The minimum absolute atomic E-state index is 0.0188. The Morgan fingerprint density at radius 2 is 1.36 bits per heavy atom. The van der Waals surface area contributed by atoms with Crippen LogP contribution in [0.1, 0.15) is 49.5 Å². The summed E-state index contributed by atoms with van der Waals surface area (Å²) >= 11 is 0. The number of amides is 2. The molecule has 0 unspecified atom stereocenters. The Bertz CT molecular complexity index is 966. The summed E-state index contributed by atoms with van der Waals surface area (Å²) < 4.78 is 13.2. The van der Waals surface area contributed by atoms with Crippen molar-refractivity contribution in [2.45, 2.75) is 39.0 Å². The van der Waals surface area contributed by atoms with Gasteiger partial charge in [-0.05, 0) is 60.2 Å². The molecule has 0 aliphatic carbocycles. The van der Waals surface area contributed by atoms with Crippen molar-refractivity contribution in [3.05, 3.63) is 65.5 Å².